The first-order chi connectivity index (χ1) is 14.5. The summed E-state index contributed by atoms with van der Waals surface area (Å²) in [6.07, 6.45) is 2.75. The molecule has 1 atom stereocenters. The molecule has 1 aliphatic rings. The number of hydrogen-bond acceptors (Lipinski definition) is 6. The Labute approximate surface area is 177 Å². The SMILES string of the molecule is CNc1cc(CN(C)C(C)=O)nc([C@H]2CCCCN2C(=O)COc2ccccc2)n1. The van der Waals surface area contributed by atoms with E-state index in [2.05, 4.69) is 10.3 Å². The van der Waals surface area contributed by atoms with Crippen molar-refractivity contribution >= 4 is 17.6 Å². The van der Waals surface area contributed by atoms with Gasteiger partial charge in [0.25, 0.3) is 5.91 Å². The molecule has 0 aliphatic carbocycles. The zero-order valence-electron chi connectivity index (χ0n) is 17.8. The van der Waals surface area contributed by atoms with E-state index in [4.69, 9.17) is 9.72 Å². The number of carbonyl (C=O) groups is 2. The summed E-state index contributed by atoms with van der Waals surface area (Å²) in [6.45, 7) is 2.54. The Bertz CT molecular complexity index is 874. The molecule has 8 nitrogen and oxygen atoms in total. The van der Waals surface area contributed by atoms with E-state index in [0.717, 1.165) is 25.0 Å². The van der Waals surface area contributed by atoms with Gasteiger partial charge in [-0.05, 0) is 31.4 Å². The Balaban J connectivity index is 1.78. The van der Waals surface area contributed by atoms with Crippen LogP contribution in [0, 0.1) is 0 Å². The number of anilines is 1. The van der Waals surface area contributed by atoms with Crippen LogP contribution in [-0.4, -0.2) is 58.8 Å². The van der Waals surface area contributed by atoms with Crippen molar-refractivity contribution in [2.45, 2.75) is 38.8 Å². The molecule has 0 bridgehead atoms. The minimum atomic E-state index is -0.208. The van der Waals surface area contributed by atoms with Gasteiger partial charge in [-0.1, -0.05) is 18.2 Å². The Morgan fingerprint density at radius 2 is 2.00 bits per heavy atom. The van der Waals surface area contributed by atoms with Crippen LogP contribution in [0.4, 0.5) is 5.82 Å². The number of para-hydroxylation sites is 1. The lowest BCUT2D eigenvalue weighted by Crippen LogP contribution is -2.42. The summed E-state index contributed by atoms with van der Waals surface area (Å²) in [5.74, 6) is 1.83. The van der Waals surface area contributed by atoms with Crippen LogP contribution < -0.4 is 10.1 Å². The fourth-order valence-corrected chi connectivity index (χ4v) is 3.47. The molecular formula is C22H29N5O3. The molecule has 1 N–H and O–H groups in total. The second-order valence-corrected chi connectivity index (χ2v) is 7.43. The van der Waals surface area contributed by atoms with Crippen LogP contribution >= 0.6 is 0 Å². The number of piperidine rings is 1. The van der Waals surface area contributed by atoms with Gasteiger partial charge in [0.15, 0.2) is 12.4 Å². The molecule has 1 fully saturated rings. The second kappa shape index (κ2) is 10.0. The highest BCUT2D eigenvalue weighted by Crippen LogP contribution is 2.30. The van der Waals surface area contributed by atoms with Crippen molar-refractivity contribution in [2.24, 2.45) is 0 Å². The van der Waals surface area contributed by atoms with Gasteiger partial charge in [-0.25, -0.2) is 9.97 Å². The molecule has 0 spiro atoms. The van der Waals surface area contributed by atoms with E-state index >= 15 is 0 Å². The Morgan fingerprint density at radius 3 is 2.70 bits per heavy atom. The maximum absolute atomic E-state index is 12.9. The van der Waals surface area contributed by atoms with Crippen molar-refractivity contribution in [2.75, 3.05) is 32.6 Å². The molecule has 2 aromatic rings. The van der Waals surface area contributed by atoms with E-state index in [9.17, 15) is 9.59 Å². The number of nitrogens with zero attached hydrogens (tertiary/aromatic N) is 4. The highest BCUT2D eigenvalue weighted by Gasteiger charge is 2.31. The first-order valence-electron chi connectivity index (χ1n) is 10.2. The van der Waals surface area contributed by atoms with E-state index in [0.29, 0.717) is 30.5 Å². The van der Waals surface area contributed by atoms with Crippen molar-refractivity contribution in [3.63, 3.8) is 0 Å². The van der Waals surface area contributed by atoms with Gasteiger partial charge >= 0.3 is 0 Å². The molecule has 160 valence electrons. The lowest BCUT2D eigenvalue weighted by molar-refractivity contribution is -0.137. The maximum atomic E-state index is 12.9. The lowest BCUT2D eigenvalue weighted by atomic mass is 10.0. The van der Waals surface area contributed by atoms with Gasteiger partial charge in [-0.3, -0.25) is 9.59 Å². The van der Waals surface area contributed by atoms with Crippen LogP contribution in [0.15, 0.2) is 36.4 Å². The molecule has 0 saturated carbocycles. The number of amides is 2. The highest BCUT2D eigenvalue weighted by atomic mass is 16.5. The number of hydrogen-bond donors (Lipinski definition) is 1. The molecule has 3 rings (SSSR count). The summed E-state index contributed by atoms with van der Waals surface area (Å²) >= 11 is 0. The second-order valence-electron chi connectivity index (χ2n) is 7.43. The standard InChI is InChI=1S/C22H29N5O3/c1-16(28)26(3)14-17-13-20(23-2)25-22(24-17)19-11-7-8-12-27(19)21(29)15-30-18-9-5-4-6-10-18/h4-6,9-10,13,19H,7-8,11-12,14-15H2,1-3H3,(H,23,24,25)/t19-/m1/s1. The topological polar surface area (TPSA) is 87.7 Å². The summed E-state index contributed by atoms with van der Waals surface area (Å²) in [6, 6.07) is 10.9. The molecule has 0 unspecified atom stereocenters. The molecule has 8 heteroatoms. The Morgan fingerprint density at radius 1 is 1.23 bits per heavy atom. The van der Waals surface area contributed by atoms with E-state index in [1.165, 1.54) is 6.92 Å². The van der Waals surface area contributed by atoms with E-state index in [1.54, 1.807) is 19.0 Å². The average Bonchev–Trinajstić information content (AvgIpc) is 2.77. The number of nitrogens with one attached hydrogen (secondary N) is 1. The van der Waals surface area contributed by atoms with Crippen molar-refractivity contribution in [1.29, 1.82) is 0 Å². The van der Waals surface area contributed by atoms with E-state index in [-0.39, 0.29) is 24.5 Å². The summed E-state index contributed by atoms with van der Waals surface area (Å²) in [4.78, 5) is 37.3. The molecule has 0 radical (unpaired) electrons. The zero-order valence-corrected chi connectivity index (χ0v) is 17.8. The first-order valence-corrected chi connectivity index (χ1v) is 10.2. The Hall–Kier alpha value is -3.16. The van der Waals surface area contributed by atoms with Gasteiger partial charge in [0.1, 0.15) is 11.6 Å². The van der Waals surface area contributed by atoms with E-state index in [1.807, 2.05) is 41.3 Å². The lowest BCUT2D eigenvalue weighted by Gasteiger charge is -2.35. The number of benzene rings is 1. The van der Waals surface area contributed by atoms with Crippen molar-refractivity contribution < 1.29 is 14.3 Å². The molecule has 2 amide bonds. The zero-order chi connectivity index (χ0) is 21.5. The molecule has 1 aliphatic heterocycles. The van der Waals surface area contributed by atoms with Crippen LogP contribution in [0.1, 0.15) is 43.7 Å². The van der Waals surface area contributed by atoms with Gasteiger partial charge in [-0.15, -0.1) is 0 Å². The van der Waals surface area contributed by atoms with Crippen molar-refractivity contribution in [1.82, 2.24) is 19.8 Å². The molecule has 2 heterocycles. The summed E-state index contributed by atoms with van der Waals surface area (Å²) in [7, 11) is 3.53. The summed E-state index contributed by atoms with van der Waals surface area (Å²) < 4.78 is 5.66. The largest absolute Gasteiger partial charge is 0.484 e. The molecule has 30 heavy (non-hydrogen) atoms. The number of aromatic nitrogens is 2. The summed E-state index contributed by atoms with van der Waals surface area (Å²) in [5, 5.41) is 3.06. The predicted octanol–water partition coefficient (Wildman–Crippen LogP) is 2.63. The van der Waals surface area contributed by atoms with Gasteiger partial charge in [0, 0.05) is 33.6 Å². The van der Waals surface area contributed by atoms with Gasteiger partial charge < -0.3 is 19.9 Å². The van der Waals surface area contributed by atoms with Crippen LogP contribution in [-0.2, 0) is 16.1 Å². The molecular weight excluding hydrogens is 382 g/mol. The third-order valence-corrected chi connectivity index (χ3v) is 5.22. The van der Waals surface area contributed by atoms with Crippen molar-refractivity contribution in [3.8, 4) is 5.75 Å². The Kier molecular flexibility index (Phi) is 7.21. The van der Waals surface area contributed by atoms with Crippen molar-refractivity contribution in [3.05, 3.63) is 47.9 Å². The van der Waals surface area contributed by atoms with Gasteiger partial charge in [-0.2, -0.15) is 0 Å². The predicted molar refractivity (Wildman–Crippen MR) is 114 cm³/mol. The number of carbonyl (C=O) groups excluding carboxylic acids is 2. The third-order valence-electron chi connectivity index (χ3n) is 5.22. The summed E-state index contributed by atoms with van der Waals surface area (Å²) in [5.41, 5.74) is 0.737. The van der Waals surface area contributed by atoms with Gasteiger partial charge in [0.05, 0.1) is 18.3 Å². The normalized spacial score (nSPS) is 16.1. The highest BCUT2D eigenvalue weighted by molar-refractivity contribution is 5.78. The van der Waals surface area contributed by atoms with Crippen LogP contribution in [0.5, 0.6) is 5.75 Å². The molecule has 1 saturated heterocycles. The van der Waals surface area contributed by atoms with E-state index < -0.39 is 0 Å². The van der Waals surface area contributed by atoms with Crippen LogP contribution in [0.2, 0.25) is 0 Å². The number of rotatable bonds is 7. The number of ether oxygens (including phenoxy) is 1. The third kappa shape index (κ3) is 5.46. The number of likely N-dealkylation sites (tertiary alicyclic amines) is 1. The van der Waals surface area contributed by atoms with Crippen LogP contribution in [0.25, 0.3) is 0 Å². The smallest absolute Gasteiger partial charge is 0.261 e. The van der Waals surface area contributed by atoms with Gasteiger partial charge in [0.2, 0.25) is 5.91 Å². The average molecular weight is 412 g/mol. The molecule has 1 aromatic carbocycles. The fourth-order valence-electron chi connectivity index (χ4n) is 3.47. The first kappa shape index (κ1) is 21.5. The minimum Gasteiger partial charge on any atom is -0.484 e. The molecule has 1 aromatic heterocycles. The maximum Gasteiger partial charge on any atom is 0.261 e. The minimum absolute atomic E-state index is 0.0217. The van der Waals surface area contributed by atoms with Crippen LogP contribution in [0.3, 0.4) is 0 Å². The fraction of sp³-hybridized carbons (Fsp3) is 0.455. The monoisotopic (exact) mass is 411 g/mol. The quantitative estimate of drug-likeness (QED) is 0.754.